The molecule has 0 bridgehead atoms. The van der Waals surface area contributed by atoms with Crippen LogP contribution in [-0.2, 0) is 11.1 Å². The fourth-order valence-corrected chi connectivity index (χ4v) is 2.43. The van der Waals surface area contributed by atoms with E-state index in [1.54, 1.807) is 0 Å². The number of hydrogen-bond donors (Lipinski definition) is 0. The predicted molar refractivity (Wildman–Crippen MR) is 45.3 cm³/mol. The van der Waals surface area contributed by atoms with Gasteiger partial charge in [-0.3, -0.25) is 4.21 Å². The molecule has 1 saturated carbocycles. The van der Waals surface area contributed by atoms with Crippen LogP contribution >= 0.6 is 0 Å². The van der Waals surface area contributed by atoms with Crippen LogP contribution in [0.5, 0.6) is 0 Å². The molecule has 0 N–H and O–H groups in total. The Bertz CT molecular complexity index is 170. The van der Waals surface area contributed by atoms with Gasteiger partial charge in [0.2, 0.25) is 0 Å². The maximum Gasteiger partial charge on any atom is 1.00 e. The molecule has 0 amide bonds. The third-order valence-electron chi connectivity index (χ3n) is 2.38. The first-order chi connectivity index (χ1) is 5.62. The number of hydrogen-bond acceptors (Lipinski definition) is 2. The van der Waals surface area contributed by atoms with Crippen molar-refractivity contribution in [3.8, 4) is 0 Å². The molecule has 1 rings (SSSR count). The topological polar surface area (TPSA) is 40.1 Å². The van der Waals surface area contributed by atoms with Crippen LogP contribution in [0.25, 0.3) is 0 Å². The quantitative estimate of drug-likeness (QED) is 0.335. The number of halogens is 1. The molecule has 2 nitrogen and oxygen atoms in total. The minimum absolute atomic E-state index is 0. The van der Waals surface area contributed by atoms with Gasteiger partial charge in [-0.1, -0.05) is 36.8 Å². The first-order valence-electron chi connectivity index (χ1n) is 4.37. The second-order valence-electron chi connectivity index (χ2n) is 3.51. The van der Waals surface area contributed by atoms with Gasteiger partial charge in [0, 0.05) is 5.75 Å². The summed E-state index contributed by atoms with van der Waals surface area (Å²) < 4.78 is 34.4. The average Bonchev–Trinajstić information content (AvgIpc) is 2.12. The number of alkyl halides is 1. The van der Waals surface area contributed by atoms with Crippen molar-refractivity contribution in [3.05, 3.63) is 0 Å². The fraction of sp³-hybridized carbons (Fsp3) is 1.00. The molecular weight excluding hydrogens is 202 g/mol. The normalized spacial score (nSPS) is 24.2. The Hall–Kier alpha value is 1.04. The van der Waals surface area contributed by atoms with Crippen molar-refractivity contribution in [2.75, 3.05) is 5.75 Å². The summed E-state index contributed by atoms with van der Waals surface area (Å²) in [6, 6.07) is 0. The molecule has 1 aliphatic rings. The summed E-state index contributed by atoms with van der Waals surface area (Å²) >= 11 is -2.24. The molecule has 0 radical (unpaired) electrons. The molecule has 0 aromatic heterocycles. The Labute approximate surface area is 103 Å². The third kappa shape index (κ3) is 5.47. The molecule has 0 spiro atoms. The van der Waals surface area contributed by atoms with Gasteiger partial charge in [0.1, 0.15) is 5.67 Å². The fourth-order valence-electron chi connectivity index (χ4n) is 1.72. The van der Waals surface area contributed by atoms with Crippen molar-refractivity contribution in [2.45, 2.75) is 44.2 Å². The van der Waals surface area contributed by atoms with E-state index in [2.05, 4.69) is 0 Å². The van der Waals surface area contributed by atoms with Crippen molar-refractivity contribution >= 4 is 11.1 Å². The second kappa shape index (κ2) is 6.51. The summed E-state index contributed by atoms with van der Waals surface area (Å²) in [6.45, 7) is 0. The monoisotopic (exact) mass is 216 g/mol. The van der Waals surface area contributed by atoms with Crippen LogP contribution in [0.4, 0.5) is 4.39 Å². The Kier molecular flexibility index (Phi) is 7.03. The molecule has 0 aromatic carbocycles. The van der Waals surface area contributed by atoms with Gasteiger partial charge in [-0.2, -0.15) is 0 Å². The summed E-state index contributed by atoms with van der Waals surface area (Å²) in [7, 11) is 0. The van der Waals surface area contributed by atoms with Crippen LogP contribution < -0.4 is 29.6 Å². The molecule has 0 aliphatic heterocycles. The Morgan fingerprint density at radius 2 is 1.69 bits per heavy atom. The van der Waals surface area contributed by atoms with E-state index < -0.39 is 16.7 Å². The average molecular weight is 216 g/mol. The smallest absolute Gasteiger partial charge is 0.772 e. The molecule has 5 heteroatoms. The van der Waals surface area contributed by atoms with Gasteiger partial charge >= 0.3 is 29.6 Å². The van der Waals surface area contributed by atoms with Crippen LogP contribution in [0.3, 0.4) is 0 Å². The van der Waals surface area contributed by atoms with Gasteiger partial charge in [-0.05, 0) is 12.8 Å². The van der Waals surface area contributed by atoms with E-state index in [-0.39, 0.29) is 35.3 Å². The van der Waals surface area contributed by atoms with Gasteiger partial charge in [0.05, 0.1) is 0 Å². The molecule has 72 valence electrons. The van der Waals surface area contributed by atoms with Gasteiger partial charge < -0.3 is 4.55 Å². The van der Waals surface area contributed by atoms with Crippen molar-refractivity contribution in [2.24, 2.45) is 0 Å². The molecule has 0 heterocycles. The van der Waals surface area contributed by atoms with E-state index in [1.165, 1.54) is 0 Å². The van der Waals surface area contributed by atoms with Crippen LogP contribution in [0.1, 0.15) is 38.5 Å². The van der Waals surface area contributed by atoms with Gasteiger partial charge in [0.15, 0.2) is 0 Å². The third-order valence-corrected chi connectivity index (χ3v) is 3.13. The molecule has 1 unspecified atom stereocenters. The van der Waals surface area contributed by atoms with Gasteiger partial charge in [-0.15, -0.1) is 0 Å². The summed E-state index contributed by atoms with van der Waals surface area (Å²) in [6.07, 6.45) is 4.57. The van der Waals surface area contributed by atoms with E-state index in [1.807, 2.05) is 0 Å². The maximum atomic E-state index is 13.7. The molecule has 1 aliphatic carbocycles. The van der Waals surface area contributed by atoms with E-state index in [9.17, 15) is 13.2 Å². The Morgan fingerprint density at radius 3 is 2.08 bits per heavy atom. The van der Waals surface area contributed by atoms with Crippen molar-refractivity contribution in [1.82, 2.24) is 0 Å². The molecule has 1 atom stereocenters. The zero-order valence-corrected chi connectivity index (χ0v) is 10.9. The molecule has 13 heavy (non-hydrogen) atoms. The molecular formula is C8H14FNaO2S. The predicted octanol–water partition coefficient (Wildman–Crippen LogP) is -1.07. The van der Waals surface area contributed by atoms with Gasteiger partial charge in [0.25, 0.3) is 0 Å². The van der Waals surface area contributed by atoms with Gasteiger partial charge in [-0.25, -0.2) is 4.39 Å². The zero-order chi connectivity index (χ0) is 9.03. The largest absolute Gasteiger partial charge is 1.00 e. The van der Waals surface area contributed by atoms with Crippen molar-refractivity contribution in [3.63, 3.8) is 0 Å². The minimum atomic E-state index is -2.24. The zero-order valence-electron chi connectivity index (χ0n) is 8.05. The second-order valence-corrected chi connectivity index (χ2v) is 4.41. The van der Waals surface area contributed by atoms with E-state index in [0.29, 0.717) is 12.8 Å². The summed E-state index contributed by atoms with van der Waals surface area (Å²) in [5.41, 5.74) is -1.43. The SMILES string of the molecule is O=S([O-])CC1(F)CCCCCC1.[Na+]. The van der Waals surface area contributed by atoms with Crippen LogP contribution in [0.15, 0.2) is 0 Å². The van der Waals surface area contributed by atoms with Crippen molar-refractivity contribution < 1.29 is 42.7 Å². The first-order valence-corrected chi connectivity index (χ1v) is 5.62. The molecule has 1 fully saturated rings. The molecule has 0 saturated heterocycles. The summed E-state index contributed by atoms with van der Waals surface area (Å²) in [5.74, 6) is -0.312. The van der Waals surface area contributed by atoms with Crippen molar-refractivity contribution in [1.29, 1.82) is 0 Å². The van der Waals surface area contributed by atoms with E-state index >= 15 is 0 Å². The first kappa shape index (κ1) is 14.0. The Morgan fingerprint density at radius 1 is 1.23 bits per heavy atom. The van der Waals surface area contributed by atoms with Crippen LogP contribution in [0.2, 0.25) is 0 Å². The Balaban J connectivity index is 0.00000144. The minimum Gasteiger partial charge on any atom is -0.772 e. The van der Waals surface area contributed by atoms with Crippen LogP contribution in [0, 0.1) is 0 Å². The summed E-state index contributed by atoms with van der Waals surface area (Å²) in [4.78, 5) is 0. The van der Waals surface area contributed by atoms with E-state index in [0.717, 1.165) is 25.7 Å². The standard InChI is InChI=1S/C8H15FO2S.Na/c9-8(7-12(10)11)5-3-1-2-4-6-8;/h1-7H2,(H,10,11);/q;+1/p-1. The number of rotatable bonds is 2. The molecule has 0 aromatic rings. The maximum absolute atomic E-state index is 13.7. The summed E-state index contributed by atoms with van der Waals surface area (Å²) in [5, 5.41) is 0. The van der Waals surface area contributed by atoms with E-state index in [4.69, 9.17) is 0 Å². The van der Waals surface area contributed by atoms with Crippen LogP contribution in [-0.4, -0.2) is 20.2 Å².